The molecule has 1 heterocycles. The monoisotopic (exact) mass is 598 g/mol. The number of hydrogen-bond acceptors (Lipinski definition) is 8. The Balaban J connectivity index is 1.57. The molecule has 0 aliphatic rings. The van der Waals surface area contributed by atoms with E-state index in [9.17, 15) is 26.7 Å². The van der Waals surface area contributed by atoms with Gasteiger partial charge < -0.3 is 14.8 Å². The molecule has 218 valence electrons. The van der Waals surface area contributed by atoms with Crippen molar-refractivity contribution >= 4 is 36.7 Å². The van der Waals surface area contributed by atoms with E-state index in [1.807, 2.05) is 6.92 Å². The maximum atomic E-state index is 13.6. The zero-order chi connectivity index (χ0) is 29.5. The molecule has 0 aliphatic heterocycles. The lowest BCUT2D eigenvalue weighted by atomic mass is 10.0. The Hall–Kier alpha value is -3.54. The maximum absolute atomic E-state index is 13.6. The van der Waals surface area contributed by atoms with E-state index in [0.717, 1.165) is 0 Å². The number of hydrogen-bond donors (Lipinski definition) is 2. The zero-order valence-corrected chi connectivity index (χ0v) is 24.4. The third-order valence-electron chi connectivity index (χ3n) is 6.61. The Morgan fingerprint density at radius 3 is 1.85 bits per heavy atom. The summed E-state index contributed by atoms with van der Waals surface area (Å²) in [6.45, 7) is 1.87. The minimum atomic E-state index is -3.88. The first-order chi connectivity index (χ1) is 19.5. The molecule has 0 bridgehead atoms. The molecule has 1 amide bonds. The molecule has 11 heteroatoms. The fourth-order valence-corrected chi connectivity index (χ4v) is 8.25. The lowest BCUT2D eigenvalue weighted by molar-refractivity contribution is -0.125. The summed E-state index contributed by atoms with van der Waals surface area (Å²) in [5, 5.41) is 13.8. The number of rotatable bonds is 14. The van der Waals surface area contributed by atoms with Crippen LogP contribution in [0.15, 0.2) is 89.3 Å². The average Bonchev–Trinajstić information content (AvgIpc) is 3.37. The Kier molecular flexibility index (Phi) is 9.95. The Bertz CT molecular complexity index is 1550. The van der Waals surface area contributed by atoms with E-state index in [2.05, 4.69) is 10.3 Å². The number of para-hydroxylation sites is 2. The molecule has 1 aromatic heterocycles. The molecule has 9 nitrogen and oxygen atoms in total. The molecule has 4 aromatic rings. The number of aliphatic hydroxyl groups is 1. The van der Waals surface area contributed by atoms with Crippen molar-refractivity contribution in [3.8, 4) is 0 Å². The molecule has 0 aliphatic carbocycles. The smallest absolute Gasteiger partial charge is 0.226 e. The van der Waals surface area contributed by atoms with Crippen LogP contribution >= 0.6 is 0 Å². The second kappa shape index (κ2) is 13.4. The number of amides is 1. The van der Waals surface area contributed by atoms with Gasteiger partial charge in [-0.15, -0.1) is 0 Å². The van der Waals surface area contributed by atoms with Gasteiger partial charge >= 0.3 is 0 Å². The van der Waals surface area contributed by atoms with Crippen molar-refractivity contribution in [1.29, 1.82) is 0 Å². The second-order valence-electron chi connectivity index (χ2n) is 10.1. The third kappa shape index (κ3) is 8.72. The molecule has 0 radical (unpaired) electrons. The van der Waals surface area contributed by atoms with E-state index in [1.165, 1.54) is 0 Å². The van der Waals surface area contributed by atoms with Crippen molar-refractivity contribution < 1.29 is 31.2 Å². The number of nitrogens with one attached hydrogen (secondary N) is 1. The molecule has 0 fully saturated rings. The molecular formula is C30H34N2O7S2. The first-order valence-electron chi connectivity index (χ1n) is 13.4. The summed E-state index contributed by atoms with van der Waals surface area (Å²) in [4.78, 5) is 17.9. The van der Waals surface area contributed by atoms with Gasteiger partial charge in [-0.05, 0) is 29.7 Å². The predicted octanol–water partition coefficient (Wildman–Crippen LogP) is 3.99. The number of aliphatic hydroxyl groups excluding tert-OH is 1. The van der Waals surface area contributed by atoms with Crippen LogP contribution < -0.4 is 5.32 Å². The van der Waals surface area contributed by atoms with Crippen LogP contribution in [-0.4, -0.2) is 50.4 Å². The van der Waals surface area contributed by atoms with Gasteiger partial charge in [0.1, 0.15) is 5.52 Å². The summed E-state index contributed by atoms with van der Waals surface area (Å²) in [5.41, 5.74) is 2.09. The normalized spacial score (nSPS) is 13.7. The lowest BCUT2D eigenvalue weighted by Crippen LogP contribution is -2.46. The number of nitrogens with zero attached hydrogens (tertiary/aromatic N) is 1. The van der Waals surface area contributed by atoms with Crippen molar-refractivity contribution in [3.63, 3.8) is 0 Å². The minimum absolute atomic E-state index is 0.00917. The highest BCUT2D eigenvalue weighted by Crippen LogP contribution is 2.25. The molecular weight excluding hydrogens is 564 g/mol. The van der Waals surface area contributed by atoms with E-state index >= 15 is 0 Å². The fraction of sp³-hybridized carbons (Fsp3) is 0.333. The Labute approximate surface area is 240 Å². The summed E-state index contributed by atoms with van der Waals surface area (Å²) in [7, 11) is -7.76. The molecule has 0 spiro atoms. The number of fused-ring (bicyclic) bond motifs is 1. The van der Waals surface area contributed by atoms with Gasteiger partial charge in [-0.3, -0.25) is 4.79 Å². The summed E-state index contributed by atoms with van der Waals surface area (Å²) in [6, 6.07) is 23.1. The van der Waals surface area contributed by atoms with Crippen LogP contribution in [0.5, 0.6) is 0 Å². The topological polar surface area (TPSA) is 144 Å². The predicted molar refractivity (Wildman–Crippen MR) is 157 cm³/mol. The van der Waals surface area contributed by atoms with Gasteiger partial charge in [0, 0.05) is 0 Å². The number of carbonyl (C=O) groups excluding carboxylic acids is 1. The van der Waals surface area contributed by atoms with Crippen LogP contribution in [0.3, 0.4) is 0 Å². The molecule has 4 rings (SSSR count). The third-order valence-corrected chi connectivity index (χ3v) is 9.98. The molecule has 2 N–H and O–H groups in total. The molecule has 0 saturated carbocycles. The number of carbonyl (C=O) groups is 1. The standard InChI is InChI=1S/C30H34N2O7S2/c1-2-11-26(28(33)30-32-25-16-9-10-17-27(25)39-30)31-29(34)24(20-40(35,36)18-22-12-5-3-6-13-22)21-41(37,38)19-23-14-7-4-8-15-23/h3-10,12-17,24,26,28,33H,2,11,18-21H2,1H3,(H,31,34)/t26?,28-/m0/s1. The number of benzene rings is 3. The first-order valence-corrected chi connectivity index (χ1v) is 17.0. The highest BCUT2D eigenvalue weighted by Gasteiger charge is 2.34. The van der Waals surface area contributed by atoms with Gasteiger partial charge in [0.2, 0.25) is 11.8 Å². The van der Waals surface area contributed by atoms with Crippen LogP contribution in [0.25, 0.3) is 11.1 Å². The number of sulfone groups is 2. The van der Waals surface area contributed by atoms with Gasteiger partial charge in [-0.2, -0.15) is 0 Å². The van der Waals surface area contributed by atoms with Gasteiger partial charge in [0.05, 0.1) is 35.0 Å². The van der Waals surface area contributed by atoms with E-state index < -0.39 is 55.2 Å². The Morgan fingerprint density at radius 2 is 1.34 bits per heavy atom. The number of oxazole rings is 1. The summed E-state index contributed by atoms with van der Waals surface area (Å²) >= 11 is 0. The van der Waals surface area contributed by atoms with E-state index in [1.54, 1.807) is 84.9 Å². The van der Waals surface area contributed by atoms with Crippen LogP contribution in [-0.2, 0) is 36.0 Å². The summed E-state index contributed by atoms with van der Waals surface area (Å²) in [5.74, 6) is -4.16. The van der Waals surface area contributed by atoms with Gasteiger partial charge in [-0.25, -0.2) is 21.8 Å². The van der Waals surface area contributed by atoms with Crippen LogP contribution in [0, 0.1) is 5.92 Å². The minimum Gasteiger partial charge on any atom is -0.438 e. The Morgan fingerprint density at radius 1 is 0.829 bits per heavy atom. The highest BCUT2D eigenvalue weighted by molar-refractivity contribution is 7.91. The highest BCUT2D eigenvalue weighted by atomic mass is 32.2. The largest absolute Gasteiger partial charge is 0.438 e. The van der Waals surface area contributed by atoms with Crippen molar-refractivity contribution in [2.45, 2.75) is 43.4 Å². The van der Waals surface area contributed by atoms with Crippen LogP contribution in [0.2, 0.25) is 0 Å². The average molecular weight is 599 g/mol. The van der Waals surface area contributed by atoms with Crippen molar-refractivity contribution in [2.75, 3.05) is 11.5 Å². The van der Waals surface area contributed by atoms with Crippen molar-refractivity contribution in [1.82, 2.24) is 10.3 Å². The molecule has 41 heavy (non-hydrogen) atoms. The second-order valence-corrected chi connectivity index (χ2v) is 14.4. The molecule has 0 saturated heterocycles. The first kappa shape index (κ1) is 30.4. The maximum Gasteiger partial charge on any atom is 0.226 e. The summed E-state index contributed by atoms with van der Waals surface area (Å²) < 4.78 is 58.4. The quantitative estimate of drug-likeness (QED) is 0.222. The van der Waals surface area contributed by atoms with Crippen LogP contribution in [0.1, 0.15) is 42.9 Å². The number of aromatic nitrogens is 1. The molecule has 3 aromatic carbocycles. The SMILES string of the molecule is CCCC(NC(=O)C(CS(=O)(=O)Cc1ccccc1)CS(=O)(=O)Cc1ccccc1)[C@H](O)c1nc2ccccc2o1. The molecule has 2 atom stereocenters. The molecule has 1 unspecified atom stereocenters. The van der Waals surface area contributed by atoms with Crippen LogP contribution in [0.4, 0.5) is 0 Å². The fourth-order valence-electron chi connectivity index (χ4n) is 4.70. The summed E-state index contributed by atoms with van der Waals surface area (Å²) in [6.07, 6.45) is -0.425. The van der Waals surface area contributed by atoms with Crippen molar-refractivity contribution in [3.05, 3.63) is 102 Å². The van der Waals surface area contributed by atoms with E-state index in [0.29, 0.717) is 35.1 Å². The van der Waals surface area contributed by atoms with E-state index in [4.69, 9.17) is 4.42 Å². The van der Waals surface area contributed by atoms with Gasteiger partial charge in [0.15, 0.2) is 31.4 Å². The lowest BCUT2D eigenvalue weighted by Gasteiger charge is -2.25. The van der Waals surface area contributed by atoms with Gasteiger partial charge in [0.25, 0.3) is 0 Å². The van der Waals surface area contributed by atoms with Crippen molar-refractivity contribution in [2.24, 2.45) is 5.92 Å². The zero-order valence-electron chi connectivity index (χ0n) is 22.7. The van der Waals surface area contributed by atoms with Gasteiger partial charge in [-0.1, -0.05) is 86.1 Å². The van der Waals surface area contributed by atoms with E-state index in [-0.39, 0.29) is 17.4 Å².